The van der Waals surface area contributed by atoms with E-state index < -0.39 is 11.9 Å². The second-order valence-electron chi connectivity index (χ2n) is 7.10. The van der Waals surface area contributed by atoms with Gasteiger partial charge in [0.2, 0.25) is 0 Å². The Morgan fingerprint density at radius 3 is 2.42 bits per heavy atom. The molecule has 0 spiro atoms. The molecule has 0 radical (unpaired) electrons. The standard InChI is InChI=1S/C25H18I2N2O4/c1-15-4-2-5-16(8-15)14-33-23-21(26)10-17(11-22(23)27)9-19(13-28)24(30)29-20-7-3-6-18(12-20)25(31)32/h2-12H,14H2,1H3,(H,29,30)(H,31,32)/b19-9+. The molecule has 8 heteroatoms. The van der Waals surface area contributed by atoms with Crippen LogP contribution in [0.5, 0.6) is 5.75 Å². The van der Waals surface area contributed by atoms with Crippen LogP contribution >= 0.6 is 45.2 Å². The molecule has 3 rings (SSSR count). The maximum atomic E-state index is 12.6. The number of nitrogens with zero attached hydrogens (tertiary/aromatic N) is 1. The number of carboxylic acids is 1. The monoisotopic (exact) mass is 664 g/mol. The fourth-order valence-corrected chi connectivity index (χ4v) is 5.13. The molecule has 33 heavy (non-hydrogen) atoms. The largest absolute Gasteiger partial charge is 0.487 e. The Labute approximate surface area is 218 Å². The molecule has 0 unspecified atom stereocenters. The summed E-state index contributed by atoms with van der Waals surface area (Å²) in [6, 6.07) is 19.5. The van der Waals surface area contributed by atoms with Gasteiger partial charge in [0.1, 0.15) is 24.0 Å². The van der Waals surface area contributed by atoms with E-state index in [4.69, 9.17) is 9.84 Å². The molecule has 166 valence electrons. The highest BCUT2D eigenvalue weighted by atomic mass is 127. The van der Waals surface area contributed by atoms with E-state index in [1.807, 2.05) is 43.3 Å². The molecule has 0 saturated carbocycles. The third kappa shape index (κ3) is 6.79. The summed E-state index contributed by atoms with van der Waals surface area (Å²) in [7, 11) is 0. The van der Waals surface area contributed by atoms with Crippen molar-refractivity contribution < 1.29 is 19.4 Å². The highest BCUT2D eigenvalue weighted by Gasteiger charge is 2.14. The minimum absolute atomic E-state index is 0.0423. The van der Waals surface area contributed by atoms with Gasteiger partial charge in [-0.1, -0.05) is 35.9 Å². The van der Waals surface area contributed by atoms with Gasteiger partial charge in [-0.25, -0.2) is 4.79 Å². The highest BCUT2D eigenvalue weighted by Crippen LogP contribution is 2.30. The molecule has 3 aromatic rings. The average Bonchev–Trinajstić information content (AvgIpc) is 2.77. The number of nitriles is 1. The van der Waals surface area contributed by atoms with Crippen molar-refractivity contribution in [1.29, 1.82) is 5.26 Å². The maximum Gasteiger partial charge on any atom is 0.335 e. The van der Waals surface area contributed by atoms with E-state index in [1.165, 1.54) is 24.3 Å². The molecule has 0 aliphatic rings. The van der Waals surface area contributed by atoms with Crippen molar-refractivity contribution in [2.24, 2.45) is 0 Å². The first-order valence-corrected chi connectivity index (χ1v) is 11.9. The van der Waals surface area contributed by atoms with Crippen molar-refractivity contribution in [1.82, 2.24) is 0 Å². The number of nitrogens with one attached hydrogen (secondary N) is 1. The summed E-state index contributed by atoms with van der Waals surface area (Å²) >= 11 is 4.33. The van der Waals surface area contributed by atoms with Crippen molar-refractivity contribution >= 4 is 68.8 Å². The van der Waals surface area contributed by atoms with Crippen LogP contribution in [0.2, 0.25) is 0 Å². The third-order valence-corrected chi connectivity index (χ3v) is 6.13. The molecule has 0 bridgehead atoms. The van der Waals surface area contributed by atoms with Gasteiger partial charge in [0, 0.05) is 5.69 Å². The number of hydrogen-bond donors (Lipinski definition) is 2. The number of ether oxygens (including phenoxy) is 1. The molecule has 1 amide bonds. The highest BCUT2D eigenvalue weighted by molar-refractivity contribution is 14.1. The van der Waals surface area contributed by atoms with Gasteiger partial charge in [-0.2, -0.15) is 5.26 Å². The fourth-order valence-electron chi connectivity index (χ4n) is 3.00. The molecule has 0 aliphatic carbocycles. The SMILES string of the molecule is Cc1cccc(COc2c(I)cc(/C=C(\C#N)C(=O)Nc3cccc(C(=O)O)c3)cc2I)c1. The molecular weight excluding hydrogens is 646 g/mol. The number of carbonyl (C=O) groups excluding carboxylic acids is 1. The topological polar surface area (TPSA) is 99.4 Å². The Hall–Kier alpha value is -2.91. The van der Waals surface area contributed by atoms with Crippen LogP contribution < -0.4 is 10.1 Å². The lowest BCUT2D eigenvalue weighted by Gasteiger charge is -2.12. The van der Waals surface area contributed by atoms with Crippen LogP contribution in [0, 0.1) is 25.4 Å². The van der Waals surface area contributed by atoms with Crippen LogP contribution in [0.3, 0.4) is 0 Å². The summed E-state index contributed by atoms with van der Waals surface area (Å²) < 4.78 is 7.73. The van der Waals surface area contributed by atoms with Crippen LogP contribution in [0.15, 0.2) is 66.2 Å². The summed E-state index contributed by atoms with van der Waals surface area (Å²) in [5.74, 6) is -0.982. The molecule has 0 aliphatic heterocycles. The van der Waals surface area contributed by atoms with E-state index in [2.05, 4.69) is 56.6 Å². The summed E-state index contributed by atoms with van der Waals surface area (Å²) in [5.41, 5.74) is 3.15. The van der Waals surface area contributed by atoms with Crippen LogP contribution in [0.1, 0.15) is 27.0 Å². The predicted molar refractivity (Wildman–Crippen MR) is 143 cm³/mol. The van der Waals surface area contributed by atoms with Crippen LogP contribution in [-0.2, 0) is 11.4 Å². The van der Waals surface area contributed by atoms with Crippen LogP contribution in [0.4, 0.5) is 5.69 Å². The Kier molecular flexibility index (Phi) is 8.46. The first-order chi connectivity index (χ1) is 15.8. The number of rotatable bonds is 7. The molecule has 0 saturated heterocycles. The van der Waals surface area contributed by atoms with Crippen molar-refractivity contribution in [3.63, 3.8) is 0 Å². The van der Waals surface area contributed by atoms with Gasteiger partial charge in [0.15, 0.2) is 0 Å². The van der Waals surface area contributed by atoms with Gasteiger partial charge in [-0.15, -0.1) is 0 Å². The van der Waals surface area contributed by atoms with Crippen molar-refractivity contribution in [2.75, 3.05) is 5.32 Å². The molecule has 2 N–H and O–H groups in total. The Balaban J connectivity index is 1.78. The minimum atomic E-state index is -1.10. The lowest BCUT2D eigenvalue weighted by Crippen LogP contribution is -2.14. The number of carboxylic acid groups (broad SMARTS) is 1. The van der Waals surface area contributed by atoms with E-state index >= 15 is 0 Å². The fraction of sp³-hybridized carbons (Fsp3) is 0.0800. The average molecular weight is 664 g/mol. The zero-order chi connectivity index (χ0) is 24.0. The number of aromatic carboxylic acids is 1. The first-order valence-electron chi connectivity index (χ1n) is 9.70. The number of amides is 1. The maximum absolute atomic E-state index is 12.6. The second kappa shape index (κ2) is 11.3. The first kappa shape index (κ1) is 24.7. The second-order valence-corrected chi connectivity index (χ2v) is 9.43. The smallest absolute Gasteiger partial charge is 0.335 e. The number of halogens is 2. The van der Waals surface area contributed by atoms with Crippen molar-refractivity contribution in [2.45, 2.75) is 13.5 Å². The lowest BCUT2D eigenvalue weighted by atomic mass is 10.1. The number of anilines is 1. The van der Waals surface area contributed by atoms with Gasteiger partial charge in [-0.3, -0.25) is 4.79 Å². The van der Waals surface area contributed by atoms with Crippen molar-refractivity contribution in [3.05, 3.63) is 95.6 Å². The molecule has 3 aromatic carbocycles. The zero-order valence-corrected chi connectivity index (χ0v) is 21.7. The zero-order valence-electron chi connectivity index (χ0n) is 17.4. The van der Waals surface area contributed by atoms with Gasteiger partial charge in [0.05, 0.1) is 12.7 Å². The normalized spacial score (nSPS) is 10.9. The quantitative estimate of drug-likeness (QED) is 0.183. The summed E-state index contributed by atoms with van der Waals surface area (Å²) in [4.78, 5) is 23.7. The number of hydrogen-bond acceptors (Lipinski definition) is 4. The molecular formula is C25H18I2N2O4. The van der Waals surface area contributed by atoms with E-state index in [9.17, 15) is 14.9 Å². The third-order valence-electron chi connectivity index (χ3n) is 4.53. The molecule has 0 fully saturated rings. The molecule has 0 atom stereocenters. The lowest BCUT2D eigenvalue weighted by molar-refractivity contribution is -0.112. The molecule has 0 aromatic heterocycles. The van der Waals surface area contributed by atoms with E-state index in [0.717, 1.165) is 24.0 Å². The predicted octanol–water partition coefficient (Wildman–Crippen LogP) is 6.03. The Bertz CT molecular complexity index is 1270. The molecule has 0 heterocycles. The summed E-state index contributed by atoms with van der Waals surface area (Å²) in [6.45, 7) is 2.47. The minimum Gasteiger partial charge on any atom is -0.487 e. The molecule has 6 nitrogen and oxygen atoms in total. The Morgan fingerprint density at radius 1 is 1.09 bits per heavy atom. The van der Waals surface area contributed by atoms with E-state index in [0.29, 0.717) is 17.9 Å². The van der Waals surface area contributed by atoms with Gasteiger partial charge < -0.3 is 15.2 Å². The Morgan fingerprint density at radius 2 is 1.79 bits per heavy atom. The van der Waals surface area contributed by atoms with Gasteiger partial charge >= 0.3 is 5.97 Å². The van der Waals surface area contributed by atoms with E-state index in [1.54, 1.807) is 6.07 Å². The number of aryl methyl sites for hydroxylation is 1. The van der Waals surface area contributed by atoms with E-state index in [-0.39, 0.29) is 11.1 Å². The van der Waals surface area contributed by atoms with Crippen LogP contribution in [-0.4, -0.2) is 17.0 Å². The number of benzene rings is 3. The van der Waals surface area contributed by atoms with Gasteiger partial charge in [0.25, 0.3) is 5.91 Å². The van der Waals surface area contributed by atoms with Gasteiger partial charge in [-0.05, 0) is 99.6 Å². The number of carbonyl (C=O) groups is 2. The summed E-state index contributed by atoms with van der Waals surface area (Å²) in [5, 5.41) is 21.2. The van der Waals surface area contributed by atoms with Crippen molar-refractivity contribution in [3.8, 4) is 11.8 Å². The summed E-state index contributed by atoms with van der Waals surface area (Å²) in [6.07, 6.45) is 1.49. The van der Waals surface area contributed by atoms with Crippen LogP contribution in [0.25, 0.3) is 6.08 Å².